The molecule has 43 heavy (non-hydrogen) atoms. The predicted molar refractivity (Wildman–Crippen MR) is 167 cm³/mol. The van der Waals surface area contributed by atoms with Crippen LogP contribution in [0.5, 0.6) is 0 Å². The summed E-state index contributed by atoms with van der Waals surface area (Å²) in [5, 5.41) is 11.0. The monoisotopic (exact) mass is 591 g/mol. The number of ether oxygens (including phenoxy) is 1. The summed E-state index contributed by atoms with van der Waals surface area (Å²) < 4.78 is 5.22. The van der Waals surface area contributed by atoms with E-state index in [1.807, 2.05) is 90.3 Å². The van der Waals surface area contributed by atoms with Crippen molar-refractivity contribution in [1.82, 2.24) is 4.90 Å². The summed E-state index contributed by atoms with van der Waals surface area (Å²) >= 11 is 1.55. The number of esters is 1. The average Bonchev–Trinajstić information content (AvgIpc) is 3.47. The Morgan fingerprint density at radius 2 is 1.70 bits per heavy atom. The Balaban J connectivity index is 1.60. The maximum absolute atomic E-state index is 14.6. The molecule has 8 heteroatoms. The molecule has 1 aliphatic heterocycles. The van der Waals surface area contributed by atoms with Crippen LogP contribution in [0.1, 0.15) is 63.8 Å². The maximum Gasteiger partial charge on any atom is 0.307 e. The van der Waals surface area contributed by atoms with Crippen molar-refractivity contribution in [1.29, 1.82) is 5.26 Å². The lowest BCUT2D eigenvalue weighted by Crippen LogP contribution is -2.47. The van der Waals surface area contributed by atoms with Crippen LogP contribution in [0.4, 0.5) is 5.69 Å². The lowest BCUT2D eigenvalue weighted by Gasteiger charge is -2.35. The van der Waals surface area contributed by atoms with Crippen molar-refractivity contribution in [2.45, 2.75) is 51.7 Å². The third kappa shape index (κ3) is 6.68. The maximum atomic E-state index is 14.6. The molecule has 2 heterocycles. The molecule has 7 nitrogen and oxygen atoms in total. The number of nitriles is 1. The molecule has 0 saturated heterocycles. The summed E-state index contributed by atoms with van der Waals surface area (Å²) in [6.07, 6.45) is 1.35. The highest BCUT2D eigenvalue weighted by atomic mass is 32.1. The standard InChI is InChI=1S/C35H33N3O4S/c1-3-42-32(39)18-24(2)38-33(28-12-8-5-9-13-28)35(41)37(22-26-10-6-4-7-11-26)31-17-15-25(20-30(31)34(38)40)14-16-29-19-27(21-36)23-43-29/h4-13,15,17,19-20,23-24,33H,3,14,16,18,22H2,1-2H3. The van der Waals surface area contributed by atoms with Crippen molar-refractivity contribution in [3.8, 4) is 6.07 Å². The Morgan fingerprint density at radius 3 is 2.37 bits per heavy atom. The average molecular weight is 592 g/mol. The highest BCUT2D eigenvalue weighted by molar-refractivity contribution is 7.10. The van der Waals surface area contributed by atoms with Gasteiger partial charge in [-0.1, -0.05) is 66.7 Å². The largest absolute Gasteiger partial charge is 0.466 e. The number of hydrogen-bond donors (Lipinski definition) is 0. The lowest BCUT2D eigenvalue weighted by molar-refractivity contribution is -0.144. The minimum absolute atomic E-state index is 0.0382. The summed E-state index contributed by atoms with van der Waals surface area (Å²) in [4.78, 5) is 46.1. The fraction of sp³-hybridized carbons (Fsp3) is 0.257. The van der Waals surface area contributed by atoms with Crippen LogP contribution in [0.3, 0.4) is 0 Å². The fourth-order valence-corrected chi connectivity index (χ4v) is 6.32. The van der Waals surface area contributed by atoms with Crippen LogP contribution in [0, 0.1) is 11.3 Å². The Kier molecular flexibility index (Phi) is 9.33. The molecule has 3 aromatic carbocycles. The quantitative estimate of drug-likeness (QED) is 0.197. The molecule has 1 aliphatic rings. The van der Waals surface area contributed by atoms with Gasteiger partial charge in [-0.2, -0.15) is 5.26 Å². The summed E-state index contributed by atoms with van der Waals surface area (Å²) in [5.74, 6) is -0.975. The van der Waals surface area contributed by atoms with Gasteiger partial charge >= 0.3 is 5.97 Å². The number of hydrogen-bond acceptors (Lipinski definition) is 6. The van der Waals surface area contributed by atoms with E-state index in [1.54, 1.807) is 35.0 Å². The van der Waals surface area contributed by atoms with E-state index in [0.29, 0.717) is 28.8 Å². The Morgan fingerprint density at radius 1 is 0.977 bits per heavy atom. The molecule has 2 amide bonds. The van der Waals surface area contributed by atoms with Crippen molar-refractivity contribution >= 4 is 34.8 Å². The number of carbonyl (C=O) groups is 3. The smallest absolute Gasteiger partial charge is 0.307 e. The highest BCUT2D eigenvalue weighted by Crippen LogP contribution is 2.38. The zero-order valence-electron chi connectivity index (χ0n) is 24.2. The molecular weight excluding hydrogens is 558 g/mol. The number of carbonyl (C=O) groups excluding carboxylic acids is 3. The minimum Gasteiger partial charge on any atom is -0.466 e. The molecule has 4 aromatic rings. The second kappa shape index (κ2) is 13.5. The third-order valence-electron chi connectivity index (χ3n) is 7.58. The molecule has 0 radical (unpaired) electrons. The van der Waals surface area contributed by atoms with Gasteiger partial charge in [-0.05, 0) is 61.6 Å². The topological polar surface area (TPSA) is 90.7 Å². The first-order chi connectivity index (χ1) is 20.9. The van der Waals surface area contributed by atoms with Crippen LogP contribution < -0.4 is 4.90 Å². The van der Waals surface area contributed by atoms with E-state index >= 15 is 0 Å². The summed E-state index contributed by atoms with van der Waals surface area (Å²) in [7, 11) is 0. The van der Waals surface area contributed by atoms with Gasteiger partial charge in [-0.3, -0.25) is 14.4 Å². The molecule has 218 valence electrons. The zero-order valence-corrected chi connectivity index (χ0v) is 25.0. The van der Waals surface area contributed by atoms with Crippen LogP contribution in [-0.2, 0) is 33.7 Å². The third-order valence-corrected chi connectivity index (χ3v) is 8.58. The van der Waals surface area contributed by atoms with E-state index in [2.05, 4.69) is 6.07 Å². The zero-order chi connectivity index (χ0) is 30.3. The molecule has 0 fully saturated rings. The van der Waals surface area contributed by atoms with E-state index in [-0.39, 0.29) is 31.4 Å². The van der Waals surface area contributed by atoms with E-state index < -0.39 is 18.1 Å². The van der Waals surface area contributed by atoms with Gasteiger partial charge in [0.25, 0.3) is 11.8 Å². The van der Waals surface area contributed by atoms with Crippen LogP contribution in [-0.4, -0.2) is 35.3 Å². The van der Waals surface area contributed by atoms with Crippen LogP contribution in [0.15, 0.2) is 90.3 Å². The lowest BCUT2D eigenvalue weighted by atomic mass is 10.00. The van der Waals surface area contributed by atoms with Gasteiger partial charge in [0.1, 0.15) is 6.04 Å². The summed E-state index contributed by atoms with van der Waals surface area (Å²) in [5.41, 5.74) is 4.16. The molecule has 0 spiro atoms. The Labute approximate surface area is 255 Å². The number of fused-ring (bicyclic) bond motifs is 1. The van der Waals surface area contributed by atoms with E-state index in [4.69, 9.17) is 4.74 Å². The molecule has 0 aliphatic carbocycles. The Bertz CT molecular complexity index is 1640. The SMILES string of the molecule is CCOC(=O)CC(C)N1C(=O)c2cc(CCc3cc(C#N)cs3)ccc2N(Cc2ccccc2)C(=O)C1c1ccccc1. The van der Waals surface area contributed by atoms with Crippen molar-refractivity contribution < 1.29 is 19.1 Å². The van der Waals surface area contributed by atoms with Gasteiger partial charge in [0.15, 0.2) is 0 Å². The molecular formula is C35H33N3O4S. The molecule has 2 unspecified atom stereocenters. The number of rotatable bonds is 10. The predicted octanol–water partition coefficient (Wildman–Crippen LogP) is 6.48. The van der Waals surface area contributed by atoms with Crippen LogP contribution in [0.2, 0.25) is 0 Å². The van der Waals surface area contributed by atoms with E-state index in [9.17, 15) is 19.6 Å². The van der Waals surface area contributed by atoms with Crippen molar-refractivity contribution in [2.75, 3.05) is 11.5 Å². The number of amides is 2. The normalized spacial score (nSPS) is 15.4. The van der Waals surface area contributed by atoms with Crippen molar-refractivity contribution in [3.63, 3.8) is 0 Å². The number of anilines is 1. The van der Waals surface area contributed by atoms with Gasteiger partial charge in [0, 0.05) is 16.3 Å². The number of benzene rings is 3. The van der Waals surface area contributed by atoms with E-state index in [1.165, 1.54) is 0 Å². The summed E-state index contributed by atoms with van der Waals surface area (Å²) in [6.45, 7) is 4.05. The van der Waals surface area contributed by atoms with Crippen LogP contribution in [0.25, 0.3) is 0 Å². The van der Waals surface area contributed by atoms with Gasteiger partial charge in [0.05, 0.1) is 42.5 Å². The number of thiophene rings is 1. The molecule has 0 saturated carbocycles. The minimum atomic E-state index is -0.937. The fourth-order valence-electron chi connectivity index (χ4n) is 5.51. The molecule has 0 bridgehead atoms. The van der Waals surface area contributed by atoms with E-state index in [0.717, 1.165) is 22.4 Å². The Hall–Kier alpha value is -4.74. The highest BCUT2D eigenvalue weighted by Gasteiger charge is 2.43. The van der Waals surface area contributed by atoms with Gasteiger partial charge in [-0.25, -0.2) is 0 Å². The first-order valence-corrected chi connectivity index (χ1v) is 15.3. The molecule has 0 N–H and O–H groups in total. The van der Waals surface area contributed by atoms with Gasteiger partial charge in [-0.15, -0.1) is 11.3 Å². The first-order valence-electron chi connectivity index (χ1n) is 14.4. The van der Waals surface area contributed by atoms with Crippen molar-refractivity contribution in [3.05, 3.63) is 123 Å². The number of nitrogens with zero attached hydrogens (tertiary/aromatic N) is 3. The molecule has 1 aromatic heterocycles. The molecule has 2 atom stereocenters. The second-order valence-corrected chi connectivity index (χ2v) is 11.6. The second-order valence-electron chi connectivity index (χ2n) is 10.6. The van der Waals surface area contributed by atoms with Gasteiger partial charge < -0.3 is 14.5 Å². The summed E-state index contributed by atoms with van der Waals surface area (Å²) in [6, 6.07) is 27.2. The number of aryl methyl sites for hydroxylation is 2. The van der Waals surface area contributed by atoms with Gasteiger partial charge in [0.2, 0.25) is 0 Å². The first kappa shape index (κ1) is 29.7. The van der Waals surface area contributed by atoms with Crippen molar-refractivity contribution in [2.24, 2.45) is 0 Å². The van der Waals surface area contributed by atoms with Crippen LogP contribution >= 0.6 is 11.3 Å². The molecule has 5 rings (SSSR count).